The maximum absolute atomic E-state index is 11.7. The van der Waals surface area contributed by atoms with Gasteiger partial charge in [-0.15, -0.1) is 0 Å². The highest BCUT2D eigenvalue weighted by Crippen LogP contribution is 2.27. The predicted molar refractivity (Wildman–Crippen MR) is 88.2 cm³/mol. The number of ether oxygens (including phenoxy) is 3. The summed E-state index contributed by atoms with van der Waals surface area (Å²) in [6, 6.07) is 10.1. The minimum atomic E-state index is -0.370. The Labute approximate surface area is 138 Å². The Morgan fingerprint density at radius 3 is 2.74 bits per heavy atom. The zero-order chi connectivity index (χ0) is 16.5. The van der Waals surface area contributed by atoms with Crippen molar-refractivity contribution in [1.82, 2.24) is 5.32 Å². The third kappa shape index (κ3) is 5.52. The molecule has 2 rings (SSSR count). The molecule has 0 spiro atoms. The van der Waals surface area contributed by atoms with Crippen LogP contribution >= 0.6 is 0 Å². The molecule has 1 aromatic rings. The van der Waals surface area contributed by atoms with Crippen molar-refractivity contribution >= 4 is 6.09 Å². The third-order valence-electron chi connectivity index (χ3n) is 4.25. The molecule has 0 aliphatic heterocycles. The highest BCUT2D eigenvalue weighted by atomic mass is 16.5. The molecule has 23 heavy (non-hydrogen) atoms. The van der Waals surface area contributed by atoms with Crippen LogP contribution < -0.4 is 5.32 Å². The molecule has 0 unspecified atom stereocenters. The molecule has 0 bridgehead atoms. The Balaban J connectivity index is 1.83. The zero-order valence-corrected chi connectivity index (χ0v) is 14.0. The molecule has 5 heteroatoms. The summed E-state index contributed by atoms with van der Waals surface area (Å²) in [4.78, 5) is 11.7. The Kier molecular flexibility index (Phi) is 7.36. The van der Waals surface area contributed by atoms with E-state index in [4.69, 9.17) is 14.2 Å². The lowest BCUT2D eigenvalue weighted by Gasteiger charge is -2.37. The predicted octanol–water partition coefficient (Wildman–Crippen LogP) is 3.13. The van der Waals surface area contributed by atoms with Gasteiger partial charge >= 0.3 is 6.09 Å². The van der Waals surface area contributed by atoms with Gasteiger partial charge in [0, 0.05) is 13.0 Å². The van der Waals surface area contributed by atoms with Crippen LogP contribution in [0.15, 0.2) is 30.3 Å². The topological polar surface area (TPSA) is 56.8 Å². The molecule has 0 saturated heterocycles. The van der Waals surface area contributed by atoms with Crippen molar-refractivity contribution in [2.24, 2.45) is 5.92 Å². The van der Waals surface area contributed by atoms with Gasteiger partial charge in [-0.05, 0) is 25.3 Å². The molecule has 128 valence electrons. The standard InChI is InChI=1S/C18H27NO4/c1-3-23-18(20)19-16-11-7-10-15(17(16)21-2)13-22-12-14-8-5-4-6-9-14/h4-6,8-9,15-17H,3,7,10-13H2,1-2H3,(H,19,20)/t15-,16-,17-/m1/s1. The number of rotatable bonds is 7. The van der Waals surface area contributed by atoms with Gasteiger partial charge in [0.2, 0.25) is 0 Å². The number of amides is 1. The fraction of sp³-hybridized carbons (Fsp3) is 0.611. The van der Waals surface area contributed by atoms with E-state index in [9.17, 15) is 4.79 Å². The first-order valence-electron chi connectivity index (χ1n) is 8.32. The van der Waals surface area contributed by atoms with Crippen molar-refractivity contribution in [3.8, 4) is 0 Å². The molecular formula is C18H27NO4. The minimum absolute atomic E-state index is 0.0156. The summed E-state index contributed by atoms with van der Waals surface area (Å²) >= 11 is 0. The summed E-state index contributed by atoms with van der Waals surface area (Å²) in [5.74, 6) is 0.282. The molecule has 1 saturated carbocycles. The van der Waals surface area contributed by atoms with Crippen LogP contribution in [0.4, 0.5) is 4.79 Å². The lowest BCUT2D eigenvalue weighted by molar-refractivity contribution is -0.0410. The van der Waals surface area contributed by atoms with E-state index in [2.05, 4.69) is 17.4 Å². The molecule has 1 aliphatic rings. The van der Waals surface area contributed by atoms with E-state index < -0.39 is 0 Å². The molecule has 5 nitrogen and oxygen atoms in total. The summed E-state index contributed by atoms with van der Waals surface area (Å²) in [5.41, 5.74) is 1.17. The van der Waals surface area contributed by atoms with Crippen molar-refractivity contribution in [3.05, 3.63) is 35.9 Å². The number of methoxy groups -OCH3 is 1. The lowest BCUT2D eigenvalue weighted by Crippen LogP contribution is -2.51. The van der Waals surface area contributed by atoms with Gasteiger partial charge in [-0.2, -0.15) is 0 Å². The Morgan fingerprint density at radius 2 is 2.04 bits per heavy atom. The zero-order valence-electron chi connectivity index (χ0n) is 14.0. The van der Waals surface area contributed by atoms with Gasteiger partial charge in [-0.1, -0.05) is 36.8 Å². The van der Waals surface area contributed by atoms with Gasteiger partial charge in [0.05, 0.1) is 32.0 Å². The minimum Gasteiger partial charge on any atom is -0.450 e. The van der Waals surface area contributed by atoms with Crippen molar-refractivity contribution in [3.63, 3.8) is 0 Å². The molecule has 1 aliphatic carbocycles. The van der Waals surface area contributed by atoms with E-state index in [0.29, 0.717) is 19.8 Å². The largest absolute Gasteiger partial charge is 0.450 e. The van der Waals surface area contributed by atoms with Crippen molar-refractivity contribution in [2.75, 3.05) is 20.3 Å². The number of carbonyl (C=O) groups is 1. The molecule has 1 N–H and O–H groups in total. The second kappa shape index (κ2) is 9.53. The summed E-state index contributed by atoms with van der Waals surface area (Å²) in [7, 11) is 1.69. The Bertz CT molecular complexity index is 465. The van der Waals surface area contributed by atoms with Crippen LogP contribution in [0.2, 0.25) is 0 Å². The van der Waals surface area contributed by atoms with Gasteiger partial charge in [-0.25, -0.2) is 4.79 Å². The van der Waals surface area contributed by atoms with Gasteiger partial charge in [-0.3, -0.25) is 0 Å². The molecular weight excluding hydrogens is 294 g/mol. The first-order chi connectivity index (χ1) is 11.2. The van der Waals surface area contributed by atoms with E-state index in [-0.39, 0.29) is 24.2 Å². The average molecular weight is 321 g/mol. The van der Waals surface area contributed by atoms with E-state index >= 15 is 0 Å². The number of benzene rings is 1. The number of carbonyl (C=O) groups excluding carboxylic acids is 1. The van der Waals surface area contributed by atoms with E-state index in [1.807, 2.05) is 18.2 Å². The van der Waals surface area contributed by atoms with Crippen molar-refractivity contribution < 1.29 is 19.0 Å². The molecule has 0 heterocycles. The van der Waals surface area contributed by atoms with Crippen LogP contribution in [0.1, 0.15) is 31.7 Å². The summed E-state index contributed by atoms with van der Waals surface area (Å²) < 4.78 is 16.5. The summed E-state index contributed by atoms with van der Waals surface area (Å²) in [6.07, 6.45) is 2.60. The van der Waals surface area contributed by atoms with E-state index in [0.717, 1.165) is 19.3 Å². The van der Waals surface area contributed by atoms with E-state index in [1.165, 1.54) is 5.56 Å². The molecule has 0 aromatic heterocycles. The van der Waals surface area contributed by atoms with Crippen LogP contribution in [-0.2, 0) is 20.8 Å². The molecule has 3 atom stereocenters. The highest BCUT2D eigenvalue weighted by Gasteiger charge is 2.34. The van der Waals surface area contributed by atoms with Crippen LogP contribution in [0, 0.1) is 5.92 Å². The maximum Gasteiger partial charge on any atom is 0.407 e. The summed E-state index contributed by atoms with van der Waals surface area (Å²) in [6.45, 7) is 3.41. The third-order valence-corrected chi connectivity index (χ3v) is 4.25. The number of hydrogen-bond acceptors (Lipinski definition) is 4. The lowest BCUT2D eigenvalue weighted by atomic mass is 9.83. The number of nitrogens with one attached hydrogen (secondary N) is 1. The van der Waals surface area contributed by atoms with Crippen molar-refractivity contribution in [2.45, 2.75) is 44.9 Å². The summed E-state index contributed by atoms with van der Waals surface area (Å²) in [5, 5.41) is 2.92. The van der Waals surface area contributed by atoms with Crippen LogP contribution in [0.25, 0.3) is 0 Å². The van der Waals surface area contributed by atoms with Crippen molar-refractivity contribution in [1.29, 1.82) is 0 Å². The van der Waals surface area contributed by atoms with Crippen LogP contribution in [0.3, 0.4) is 0 Å². The van der Waals surface area contributed by atoms with Gasteiger partial charge in [0.1, 0.15) is 0 Å². The highest BCUT2D eigenvalue weighted by molar-refractivity contribution is 5.67. The molecule has 1 aromatic carbocycles. The van der Waals surface area contributed by atoms with E-state index in [1.54, 1.807) is 14.0 Å². The van der Waals surface area contributed by atoms with Gasteiger partial charge in [0.15, 0.2) is 0 Å². The molecule has 1 fully saturated rings. The van der Waals surface area contributed by atoms with Gasteiger partial charge in [0.25, 0.3) is 0 Å². The van der Waals surface area contributed by atoms with Gasteiger partial charge < -0.3 is 19.5 Å². The Morgan fingerprint density at radius 1 is 1.26 bits per heavy atom. The molecule has 1 amide bonds. The second-order valence-electron chi connectivity index (χ2n) is 5.86. The first-order valence-corrected chi connectivity index (χ1v) is 8.32. The average Bonchev–Trinajstić information content (AvgIpc) is 2.56. The number of hydrogen-bond donors (Lipinski definition) is 1. The monoisotopic (exact) mass is 321 g/mol. The maximum atomic E-state index is 11.7. The Hall–Kier alpha value is -1.59. The van der Waals surface area contributed by atoms with Crippen LogP contribution in [0.5, 0.6) is 0 Å². The quantitative estimate of drug-likeness (QED) is 0.838. The second-order valence-corrected chi connectivity index (χ2v) is 5.86. The first kappa shape index (κ1) is 17.8. The molecule has 0 radical (unpaired) electrons. The number of alkyl carbamates (subject to hydrolysis) is 1. The van der Waals surface area contributed by atoms with Crippen LogP contribution in [-0.4, -0.2) is 38.6 Å². The smallest absolute Gasteiger partial charge is 0.407 e. The normalized spacial score (nSPS) is 24.2. The fourth-order valence-electron chi connectivity index (χ4n) is 3.17. The SMILES string of the molecule is CCOC(=O)N[C@@H]1CCC[C@H](COCc2ccccc2)[C@H]1OC. The fourth-order valence-corrected chi connectivity index (χ4v) is 3.17.